The Labute approximate surface area is 157 Å². The summed E-state index contributed by atoms with van der Waals surface area (Å²) in [5.74, 6) is -0.156. The number of hydrogen-bond acceptors (Lipinski definition) is 5. The van der Waals surface area contributed by atoms with Crippen LogP contribution in [0.25, 0.3) is 0 Å². The molecule has 1 fully saturated rings. The lowest BCUT2D eigenvalue weighted by molar-refractivity contribution is -0.149. The minimum Gasteiger partial charge on any atom is -0.457 e. The first-order valence-electron chi connectivity index (χ1n) is 9.13. The van der Waals surface area contributed by atoms with Gasteiger partial charge in [0.2, 0.25) is 0 Å². The molecule has 0 unspecified atom stereocenters. The maximum absolute atomic E-state index is 12.8. The smallest absolute Gasteiger partial charge is 0.318 e. The van der Waals surface area contributed by atoms with Crippen molar-refractivity contribution in [3.05, 3.63) is 59.7 Å². The first-order valence-corrected chi connectivity index (χ1v) is 9.13. The number of fused-ring (bicyclic) bond motifs is 2. The van der Waals surface area contributed by atoms with Gasteiger partial charge >= 0.3 is 5.97 Å². The Morgan fingerprint density at radius 1 is 1.04 bits per heavy atom. The molecule has 0 spiro atoms. The predicted octanol–water partition coefficient (Wildman–Crippen LogP) is 2.76. The second-order valence-corrected chi connectivity index (χ2v) is 6.66. The van der Waals surface area contributed by atoms with Crippen LogP contribution in [-0.2, 0) is 19.1 Å². The Balaban J connectivity index is 1.43. The molecule has 1 N–H and O–H groups in total. The fraction of sp³-hybridized carbons (Fsp3) is 0.333. The van der Waals surface area contributed by atoms with E-state index in [1.54, 1.807) is 0 Å². The third-order valence-electron chi connectivity index (χ3n) is 4.81. The number of esters is 1. The second kappa shape index (κ2) is 7.80. The monoisotopic (exact) mass is 367 g/mol. The van der Waals surface area contributed by atoms with Crippen LogP contribution < -0.4 is 10.1 Å². The number of hydrogen-bond donors (Lipinski definition) is 1. The number of benzene rings is 2. The minimum atomic E-state index is -0.614. The van der Waals surface area contributed by atoms with E-state index in [9.17, 15) is 9.59 Å². The number of nitrogens with one attached hydrogen (secondary N) is 1. The molecule has 1 atom stereocenters. The first kappa shape index (κ1) is 17.5. The van der Waals surface area contributed by atoms with Crippen LogP contribution in [0.1, 0.15) is 29.9 Å². The number of rotatable bonds is 5. The molecule has 0 aromatic heterocycles. The van der Waals surface area contributed by atoms with Gasteiger partial charge < -0.3 is 19.5 Å². The molecule has 6 nitrogen and oxygen atoms in total. The molecule has 2 aliphatic heterocycles. The van der Waals surface area contributed by atoms with Gasteiger partial charge in [-0.15, -0.1) is 0 Å². The quantitative estimate of drug-likeness (QED) is 0.823. The number of ether oxygens (including phenoxy) is 3. The average molecular weight is 367 g/mol. The number of carbonyl (C=O) groups excluding carboxylic acids is 2. The lowest BCUT2D eigenvalue weighted by Crippen LogP contribution is -2.35. The van der Waals surface area contributed by atoms with E-state index in [4.69, 9.17) is 14.2 Å². The van der Waals surface area contributed by atoms with Gasteiger partial charge in [-0.05, 0) is 25.0 Å². The van der Waals surface area contributed by atoms with Crippen LogP contribution in [0.5, 0.6) is 11.5 Å². The number of para-hydroxylation sites is 2. The lowest BCUT2D eigenvalue weighted by atomic mass is 9.88. The van der Waals surface area contributed by atoms with E-state index in [1.165, 1.54) is 0 Å². The van der Waals surface area contributed by atoms with Crippen LogP contribution in [-0.4, -0.2) is 37.7 Å². The molecule has 0 saturated carbocycles. The largest absolute Gasteiger partial charge is 0.457 e. The lowest BCUT2D eigenvalue weighted by Gasteiger charge is -2.26. The molecule has 27 heavy (non-hydrogen) atoms. The van der Waals surface area contributed by atoms with Gasteiger partial charge in [0, 0.05) is 24.3 Å². The van der Waals surface area contributed by atoms with E-state index in [1.807, 2.05) is 48.5 Å². The Hall–Kier alpha value is -2.86. The van der Waals surface area contributed by atoms with Gasteiger partial charge in [0.1, 0.15) is 17.4 Å². The Morgan fingerprint density at radius 3 is 2.33 bits per heavy atom. The van der Waals surface area contributed by atoms with Crippen molar-refractivity contribution in [1.82, 2.24) is 5.32 Å². The van der Waals surface area contributed by atoms with E-state index < -0.39 is 11.9 Å². The molecule has 4 rings (SSSR count). The van der Waals surface area contributed by atoms with Gasteiger partial charge in [0.25, 0.3) is 5.91 Å². The number of amides is 1. The van der Waals surface area contributed by atoms with Crippen LogP contribution in [0, 0.1) is 0 Å². The first-order chi connectivity index (χ1) is 13.2. The molecule has 1 saturated heterocycles. The highest BCUT2D eigenvalue weighted by atomic mass is 16.5. The van der Waals surface area contributed by atoms with E-state index in [2.05, 4.69) is 5.32 Å². The molecule has 0 bridgehead atoms. The zero-order valence-corrected chi connectivity index (χ0v) is 14.9. The summed E-state index contributed by atoms with van der Waals surface area (Å²) >= 11 is 0. The van der Waals surface area contributed by atoms with Crippen molar-refractivity contribution in [1.29, 1.82) is 0 Å². The van der Waals surface area contributed by atoms with Crippen molar-refractivity contribution in [2.24, 2.45) is 0 Å². The Kier molecular flexibility index (Phi) is 5.07. The molecule has 0 aliphatic carbocycles. The van der Waals surface area contributed by atoms with Crippen molar-refractivity contribution in [3.63, 3.8) is 0 Å². The van der Waals surface area contributed by atoms with Crippen molar-refractivity contribution >= 4 is 11.9 Å². The van der Waals surface area contributed by atoms with Gasteiger partial charge in [-0.25, -0.2) is 0 Å². The van der Waals surface area contributed by atoms with Crippen molar-refractivity contribution in [2.75, 3.05) is 19.8 Å². The maximum Gasteiger partial charge on any atom is 0.318 e. The normalized spacial score (nSPS) is 18.1. The highest BCUT2D eigenvalue weighted by Gasteiger charge is 2.33. The maximum atomic E-state index is 12.8. The van der Waals surface area contributed by atoms with Crippen molar-refractivity contribution in [2.45, 2.75) is 24.9 Å². The third-order valence-corrected chi connectivity index (χ3v) is 4.81. The van der Waals surface area contributed by atoms with Gasteiger partial charge in [0.15, 0.2) is 6.61 Å². The summed E-state index contributed by atoms with van der Waals surface area (Å²) in [7, 11) is 0. The molecular formula is C21H21NO5. The van der Waals surface area contributed by atoms with Gasteiger partial charge in [0.05, 0.1) is 6.10 Å². The zero-order chi connectivity index (χ0) is 18.6. The summed E-state index contributed by atoms with van der Waals surface area (Å²) in [4.78, 5) is 24.8. The third kappa shape index (κ3) is 3.80. The summed E-state index contributed by atoms with van der Waals surface area (Å²) in [5.41, 5.74) is 1.47. The summed E-state index contributed by atoms with van der Waals surface area (Å²) < 4.78 is 16.7. The topological polar surface area (TPSA) is 73.9 Å². The summed E-state index contributed by atoms with van der Waals surface area (Å²) in [6, 6.07) is 14.7. The minimum absolute atomic E-state index is 0.0545. The van der Waals surface area contributed by atoms with Crippen LogP contribution in [0.3, 0.4) is 0 Å². The molecule has 1 amide bonds. The fourth-order valence-electron chi connectivity index (χ4n) is 3.47. The molecule has 6 heteroatoms. The summed E-state index contributed by atoms with van der Waals surface area (Å²) in [6.45, 7) is 0.866. The van der Waals surface area contributed by atoms with Crippen molar-refractivity contribution < 1.29 is 23.8 Å². The number of carbonyl (C=O) groups is 2. The standard InChI is InChI=1S/C21H21NO5/c23-19(22-12-14-6-5-11-25-14)13-26-21(24)20-15-7-1-3-9-17(15)27-18-10-4-2-8-16(18)20/h1-4,7-10,14,20H,5-6,11-13H2,(H,22,23)/t14-/m0/s1. The summed E-state index contributed by atoms with van der Waals surface area (Å²) in [5, 5.41) is 2.76. The van der Waals surface area contributed by atoms with Crippen LogP contribution in [0.2, 0.25) is 0 Å². The Bertz CT molecular complexity index is 798. The molecule has 2 heterocycles. The second-order valence-electron chi connectivity index (χ2n) is 6.66. The van der Waals surface area contributed by atoms with Gasteiger partial charge in [-0.1, -0.05) is 36.4 Å². The van der Waals surface area contributed by atoms with Crippen LogP contribution >= 0.6 is 0 Å². The average Bonchev–Trinajstić information content (AvgIpc) is 3.22. The fourth-order valence-corrected chi connectivity index (χ4v) is 3.47. The van der Waals surface area contributed by atoms with E-state index in [-0.39, 0.29) is 18.6 Å². The van der Waals surface area contributed by atoms with Crippen LogP contribution in [0.15, 0.2) is 48.5 Å². The zero-order valence-electron chi connectivity index (χ0n) is 14.9. The molecule has 0 radical (unpaired) electrons. The molecule has 2 aliphatic rings. The Morgan fingerprint density at radius 2 is 1.70 bits per heavy atom. The molecule has 140 valence electrons. The molecule has 2 aromatic rings. The molecule has 2 aromatic carbocycles. The molecular weight excluding hydrogens is 346 g/mol. The highest BCUT2D eigenvalue weighted by Crippen LogP contribution is 2.44. The van der Waals surface area contributed by atoms with E-state index >= 15 is 0 Å². The summed E-state index contributed by atoms with van der Waals surface area (Å²) in [6.07, 6.45) is 2.01. The van der Waals surface area contributed by atoms with Gasteiger partial charge in [-0.3, -0.25) is 9.59 Å². The van der Waals surface area contributed by atoms with E-state index in [0.29, 0.717) is 18.0 Å². The SMILES string of the molecule is O=C(COC(=O)C1c2ccccc2Oc2ccccc21)NC[C@@H]1CCCO1. The van der Waals surface area contributed by atoms with Crippen molar-refractivity contribution in [3.8, 4) is 11.5 Å². The van der Waals surface area contributed by atoms with Crippen LogP contribution in [0.4, 0.5) is 0 Å². The highest BCUT2D eigenvalue weighted by molar-refractivity contribution is 5.87. The van der Waals surface area contributed by atoms with E-state index in [0.717, 1.165) is 30.6 Å². The van der Waals surface area contributed by atoms with Gasteiger partial charge in [-0.2, -0.15) is 0 Å². The predicted molar refractivity (Wildman–Crippen MR) is 97.7 cm³/mol.